The van der Waals surface area contributed by atoms with Crippen molar-refractivity contribution in [3.8, 4) is 0 Å². The van der Waals surface area contributed by atoms with Gasteiger partial charge in [-0.25, -0.2) is 0 Å². The smallest absolute Gasteiger partial charge is 0.234 e. The van der Waals surface area contributed by atoms with Crippen molar-refractivity contribution < 1.29 is 14.6 Å². The van der Waals surface area contributed by atoms with Crippen LogP contribution < -0.4 is 10.6 Å². The molecule has 0 unspecified atom stereocenters. The van der Waals surface area contributed by atoms with Crippen molar-refractivity contribution in [1.82, 2.24) is 10.6 Å². The molecule has 0 aromatic heterocycles. The fourth-order valence-electron chi connectivity index (χ4n) is 1.50. The van der Waals surface area contributed by atoms with Crippen LogP contribution in [0.2, 0.25) is 0 Å². The van der Waals surface area contributed by atoms with Gasteiger partial charge in [-0.2, -0.15) is 0 Å². The van der Waals surface area contributed by atoms with E-state index < -0.39 is 5.54 Å². The van der Waals surface area contributed by atoms with Crippen molar-refractivity contribution >= 4 is 5.91 Å². The van der Waals surface area contributed by atoms with Crippen LogP contribution in [0.4, 0.5) is 0 Å². The van der Waals surface area contributed by atoms with E-state index in [1.807, 2.05) is 13.8 Å². The summed E-state index contributed by atoms with van der Waals surface area (Å²) in [5.74, 6) is -0.0200. The van der Waals surface area contributed by atoms with E-state index in [1.165, 1.54) is 0 Å². The molecule has 0 aliphatic carbocycles. The van der Waals surface area contributed by atoms with Crippen LogP contribution in [0.15, 0.2) is 0 Å². The van der Waals surface area contributed by atoms with Crippen molar-refractivity contribution in [2.75, 3.05) is 26.4 Å². The molecule has 0 aromatic carbocycles. The number of amides is 1. The van der Waals surface area contributed by atoms with Crippen LogP contribution in [0, 0.1) is 0 Å². The van der Waals surface area contributed by atoms with Crippen molar-refractivity contribution in [2.45, 2.75) is 38.3 Å². The highest BCUT2D eigenvalue weighted by Crippen LogP contribution is 2.05. The molecule has 94 valence electrons. The molecule has 3 N–H and O–H groups in total. The van der Waals surface area contributed by atoms with E-state index in [0.29, 0.717) is 0 Å². The predicted molar refractivity (Wildman–Crippen MR) is 61.2 cm³/mol. The Balaban J connectivity index is 2.19. The highest BCUT2D eigenvalue weighted by atomic mass is 16.5. The van der Waals surface area contributed by atoms with Crippen LogP contribution in [0.25, 0.3) is 0 Å². The van der Waals surface area contributed by atoms with Gasteiger partial charge in [-0.15, -0.1) is 0 Å². The molecule has 0 spiro atoms. The Bertz CT molecular complexity index is 225. The maximum absolute atomic E-state index is 11.6. The summed E-state index contributed by atoms with van der Waals surface area (Å²) in [6, 6.07) is 0.236. The molecule has 0 aromatic rings. The second kappa shape index (κ2) is 6.18. The molecule has 1 saturated heterocycles. The Kier molecular flexibility index (Phi) is 5.18. The lowest BCUT2D eigenvalue weighted by Gasteiger charge is -2.26. The molecule has 1 aliphatic heterocycles. The SMILES string of the molecule is CC(C)(CO)NCC(=O)NC1CCOCC1. The predicted octanol–water partition coefficient (Wildman–Crippen LogP) is -0.358. The van der Waals surface area contributed by atoms with Crippen molar-refractivity contribution in [3.63, 3.8) is 0 Å². The minimum atomic E-state index is -0.410. The molecule has 0 saturated carbocycles. The zero-order valence-electron chi connectivity index (χ0n) is 10.1. The van der Waals surface area contributed by atoms with Gasteiger partial charge in [-0.3, -0.25) is 4.79 Å². The summed E-state index contributed by atoms with van der Waals surface area (Å²) in [6.45, 7) is 5.41. The van der Waals surface area contributed by atoms with Gasteiger partial charge in [-0.05, 0) is 26.7 Å². The summed E-state index contributed by atoms with van der Waals surface area (Å²) < 4.78 is 5.21. The molecular formula is C11H22N2O3. The summed E-state index contributed by atoms with van der Waals surface area (Å²) >= 11 is 0. The molecular weight excluding hydrogens is 208 g/mol. The van der Waals surface area contributed by atoms with E-state index in [4.69, 9.17) is 9.84 Å². The molecule has 1 amide bonds. The molecule has 0 bridgehead atoms. The minimum absolute atomic E-state index is 0.0115. The number of hydrogen-bond acceptors (Lipinski definition) is 4. The van der Waals surface area contributed by atoms with E-state index in [1.54, 1.807) is 0 Å². The molecule has 1 heterocycles. The van der Waals surface area contributed by atoms with Crippen molar-refractivity contribution in [2.24, 2.45) is 0 Å². The average Bonchev–Trinajstić information content (AvgIpc) is 2.28. The number of hydrogen-bond donors (Lipinski definition) is 3. The molecule has 1 rings (SSSR count). The molecule has 16 heavy (non-hydrogen) atoms. The third kappa shape index (κ3) is 4.92. The number of ether oxygens (including phenoxy) is 1. The van der Waals surface area contributed by atoms with E-state index in [2.05, 4.69) is 10.6 Å². The van der Waals surface area contributed by atoms with E-state index in [9.17, 15) is 4.79 Å². The molecule has 1 aliphatic rings. The number of nitrogens with one attached hydrogen (secondary N) is 2. The molecule has 0 radical (unpaired) electrons. The van der Waals surface area contributed by atoms with Gasteiger partial charge in [0.15, 0.2) is 0 Å². The van der Waals surface area contributed by atoms with Crippen LogP contribution in [0.5, 0.6) is 0 Å². The van der Waals surface area contributed by atoms with Crippen LogP contribution in [-0.2, 0) is 9.53 Å². The van der Waals surface area contributed by atoms with Crippen LogP contribution in [0.3, 0.4) is 0 Å². The first-order valence-electron chi connectivity index (χ1n) is 5.76. The van der Waals surface area contributed by atoms with Crippen molar-refractivity contribution in [3.05, 3.63) is 0 Å². The topological polar surface area (TPSA) is 70.6 Å². The van der Waals surface area contributed by atoms with Crippen LogP contribution >= 0.6 is 0 Å². The molecule has 0 atom stereocenters. The Hall–Kier alpha value is -0.650. The summed E-state index contributed by atoms with van der Waals surface area (Å²) in [7, 11) is 0. The fourth-order valence-corrected chi connectivity index (χ4v) is 1.50. The van der Waals surface area contributed by atoms with E-state index >= 15 is 0 Å². The number of carbonyl (C=O) groups is 1. The molecule has 1 fully saturated rings. The normalized spacial score (nSPS) is 18.4. The quantitative estimate of drug-likeness (QED) is 0.603. The maximum Gasteiger partial charge on any atom is 0.234 e. The summed E-state index contributed by atoms with van der Waals surface area (Å²) in [4.78, 5) is 11.6. The van der Waals surface area contributed by atoms with Gasteiger partial charge < -0.3 is 20.5 Å². The average molecular weight is 230 g/mol. The van der Waals surface area contributed by atoms with Gasteiger partial charge in [0.05, 0.1) is 13.2 Å². The fraction of sp³-hybridized carbons (Fsp3) is 0.909. The highest BCUT2D eigenvalue weighted by molar-refractivity contribution is 5.78. The van der Waals surface area contributed by atoms with Crippen molar-refractivity contribution in [1.29, 1.82) is 0 Å². The van der Waals surface area contributed by atoms with Crippen LogP contribution in [-0.4, -0.2) is 49.0 Å². The van der Waals surface area contributed by atoms with Gasteiger partial charge in [0.1, 0.15) is 0 Å². The van der Waals surface area contributed by atoms with Crippen LogP contribution in [0.1, 0.15) is 26.7 Å². The van der Waals surface area contributed by atoms with Gasteiger partial charge in [0, 0.05) is 24.8 Å². The van der Waals surface area contributed by atoms with Gasteiger partial charge in [-0.1, -0.05) is 0 Å². The Morgan fingerprint density at radius 2 is 2.06 bits per heavy atom. The Labute approximate surface area is 96.6 Å². The molecule has 5 heteroatoms. The largest absolute Gasteiger partial charge is 0.394 e. The standard InChI is InChI=1S/C11H22N2O3/c1-11(2,8-14)12-7-10(15)13-9-3-5-16-6-4-9/h9,12,14H,3-8H2,1-2H3,(H,13,15). The highest BCUT2D eigenvalue weighted by Gasteiger charge is 2.19. The summed E-state index contributed by atoms with van der Waals surface area (Å²) in [6.07, 6.45) is 1.77. The van der Waals surface area contributed by atoms with Gasteiger partial charge in [0.2, 0.25) is 5.91 Å². The lowest BCUT2D eigenvalue weighted by atomic mass is 10.1. The van der Waals surface area contributed by atoms with Gasteiger partial charge in [0.25, 0.3) is 0 Å². The van der Waals surface area contributed by atoms with E-state index in [0.717, 1.165) is 26.1 Å². The van der Waals surface area contributed by atoms with E-state index in [-0.39, 0.29) is 25.1 Å². The lowest BCUT2D eigenvalue weighted by molar-refractivity contribution is -0.121. The maximum atomic E-state index is 11.6. The molecule has 5 nitrogen and oxygen atoms in total. The lowest BCUT2D eigenvalue weighted by Crippen LogP contribution is -2.49. The Morgan fingerprint density at radius 3 is 2.62 bits per heavy atom. The first-order chi connectivity index (χ1) is 7.53. The number of carbonyl (C=O) groups excluding carboxylic acids is 1. The summed E-state index contributed by atoms with van der Waals surface area (Å²) in [5, 5.41) is 15.0. The summed E-state index contributed by atoms with van der Waals surface area (Å²) in [5.41, 5.74) is -0.410. The second-order valence-corrected chi connectivity index (χ2v) is 4.85. The van der Waals surface area contributed by atoms with Gasteiger partial charge >= 0.3 is 0 Å². The second-order valence-electron chi connectivity index (χ2n) is 4.85. The monoisotopic (exact) mass is 230 g/mol. The number of aliphatic hydroxyl groups is 1. The number of rotatable bonds is 5. The zero-order chi connectivity index (χ0) is 12.0. The first-order valence-corrected chi connectivity index (χ1v) is 5.76. The third-order valence-corrected chi connectivity index (χ3v) is 2.71. The Morgan fingerprint density at radius 1 is 1.44 bits per heavy atom. The zero-order valence-corrected chi connectivity index (χ0v) is 10.1. The first kappa shape index (κ1) is 13.4. The number of aliphatic hydroxyl groups excluding tert-OH is 1. The third-order valence-electron chi connectivity index (χ3n) is 2.71. The minimum Gasteiger partial charge on any atom is -0.394 e.